The molecule has 1 atom stereocenters. The summed E-state index contributed by atoms with van der Waals surface area (Å²) in [6.45, 7) is 10.4. The van der Waals surface area contributed by atoms with Crippen molar-refractivity contribution in [3.63, 3.8) is 0 Å². The maximum Gasteiger partial charge on any atom is 0.184 e. The van der Waals surface area contributed by atoms with Crippen molar-refractivity contribution in [2.24, 2.45) is 0 Å². The molecule has 17 heavy (non-hydrogen) atoms. The summed E-state index contributed by atoms with van der Waals surface area (Å²) in [7, 11) is -1.49. The van der Waals surface area contributed by atoms with Crippen molar-refractivity contribution >= 4 is 14.4 Å². The summed E-state index contributed by atoms with van der Waals surface area (Å²) in [5.74, 6) is 0. The minimum atomic E-state index is -1.49. The predicted molar refractivity (Wildman–Crippen MR) is 78.5 cm³/mol. The molecule has 0 fully saturated rings. The fourth-order valence-corrected chi connectivity index (χ4v) is 2.65. The van der Waals surface area contributed by atoms with Gasteiger partial charge in [-0.15, -0.1) is 6.58 Å². The van der Waals surface area contributed by atoms with E-state index in [0.717, 1.165) is 6.42 Å². The molecule has 0 radical (unpaired) electrons. The normalized spacial score (nSPS) is 13.8. The lowest BCUT2D eigenvalue weighted by Gasteiger charge is -2.23. The van der Waals surface area contributed by atoms with Crippen LogP contribution in [0.15, 0.2) is 49.1 Å². The van der Waals surface area contributed by atoms with Crippen molar-refractivity contribution in [2.45, 2.75) is 32.2 Å². The SMILES string of the molecule is C=CCC(/C=C/c1ccccc1)O[Si](C)(C)C. The summed E-state index contributed by atoms with van der Waals surface area (Å²) in [6, 6.07) is 10.3. The van der Waals surface area contributed by atoms with Crippen LogP contribution in [-0.4, -0.2) is 14.4 Å². The van der Waals surface area contributed by atoms with Gasteiger partial charge in [-0.3, -0.25) is 0 Å². The molecular weight excluding hydrogens is 224 g/mol. The molecule has 0 N–H and O–H groups in total. The van der Waals surface area contributed by atoms with Crippen LogP contribution >= 0.6 is 0 Å². The molecule has 0 aliphatic carbocycles. The van der Waals surface area contributed by atoms with E-state index in [1.54, 1.807) is 0 Å². The van der Waals surface area contributed by atoms with E-state index < -0.39 is 8.32 Å². The van der Waals surface area contributed by atoms with E-state index in [1.165, 1.54) is 5.56 Å². The van der Waals surface area contributed by atoms with Crippen LogP contribution in [0.1, 0.15) is 12.0 Å². The highest BCUT2D eigenvalue weighted by atomic mass is 28.4. The Morgan fingerprint density at radius 3 is 2.41 bits per heavy atom. The molecule has 0 bridgehead atoms. The van der Waals surface area contributed by atoms with E-state index in [0.29, 0.717) is 0 Å². The number of hydrogen-bond donors (Lipinski definition) is 0. The van der Waals surface area contributed by atoms with Crippen LogP contribution < -0.4 is 0 Å². The van der Waals surface area contributed by atoms with Gasteiger partial charge in [0.15, 0.2) is 8.32 Å². The molecule has 1 unspecified atom stereocenters. The summed E-state index contributed by atoms with van der Waals surface area (Å²) in [5.41, 5.74) is 1.21. The first-order chi connectivity index (χ1) is 8.01. The molecule has 1 aromatic carbocycles. The lowest BCUT2D eigenvalue weighted by atomic mass is 10.1. The van der Waals surface area contributed by atoms with E-state index in [9.17, 15) is 0 Å². The van der Waals surface area contributed by atoms with Crippen LogP contribution in [0.5, 0.6) is 0 Å². The molecule has 0 heterocycles. The molecule has 0 amide bonds. The van der Waals surface area contributed by atoms with Crippen LogP contribution in [0, 0.1) is 0 Å². The van der Waals surface area contributed by atoms with Gasteiger partial charge in [-0.25, -0.2) is 0 Å². The first-order valence-corrected chi connectivity index (χ1v) is 9.44. The minimum Gasteiger partial charge on any atom is -0.411 e. The second-order valence-corrected chi connectivity index (χ2v) is 9.52. The number of rotatable bonds is 6. The second kappa shape index (κ2) is 6.57. The number of benzene rings is 1. The molecule has 0 aliphatic rings. The van der Waals surface area contributed by atoms with Gasteiger partial charge in [0.1, 0.15) is 0 Å². The molecule has 0 spiro atoms. The highest BCUT2D eigenvalue weighted by molar-refractivity contribution is 6.69. The fraction of sp³-hybridized carbons (Fsp3) is 0.333. The molecule has 0 saturated carbocycles. The van der Waals surface area contributed by atoms with Crippen LogP contribution in [0.2, 0.25) is 19.6 Å². The average molecular weight is 246 g/mol. The van der Waals surface area contributed by atoms with E-state index in [1.807, 2.05) is 24.3 Å². The summed E-state index contributed by atoms with van der Waals surface area (Å²) < 4.78 is 6.08. The van der Waals surface area contributed by atoms with Crippen molar-refractivity contribution < 1.29 is 4.43 Å². The monoisotopic (exact) mass is 246 g/mol. The molecule has 92 valence electrons. The van der Waals surface area contributed by atoms with Crippen LogP contribution in [0.25, 0.3) is 6.08 Å². The Labute approximate surface area is 106 Å². The van der Waals surface area contributed by atoms with Crippen molar-refractivity contribution in [3.8, 4) is 0 Å². The standard InChI is InChI=1S/C15H22OSi/c1-5-9-15(16-17(2,3)4)13-12-14-10-7-6-8-11-14/h5-8,10-13,15H,1,9H2,2-4H3/b13-12+. The fourth-order valence-electron chi connectivity index (χ4n) is 1.57. The van der Waals surface area contributed by atoms with Crippen molar-refractivity contribution in [3.05, 3.63) is 54.6 Å². The number of hydrogen-bond acceptors (Lipinski definition) is 1. The van der Waals surface area contributed by atoms with Gasteiger partial charge < -0.3 is 4.43 Å². The van der Waals surface area contributed by atoms with Gasteiger partial charge in [-0.05, 0) is 31.6 Å². The maximum absolute atomic E-state index is 6.08. The first-order valence-electron chi connectivity index (χ1n) is 6.03. The summed E-state index contributed by atoms with van der Waals surface area (Å²) >= 11 is 0. The highest BCUT2D eigenvalue weighted by Crippen LogP contribution is 2.13. The molecular formula is C15H22OSi. The Bertz CT molecular complexity index is 362. The zero-order valence-electron chi connectivity index (χ0n) is 11.0. The highest BCUT2D eigenvalue weighted by Gasteiger charge is 2.18. The summed E-state index contributed by atoms with van der Waals surface area (Å²) in [6.07, 6.45) is 7.19. The Hall–Kier alpha value is -1.12. The quantitative estimate of drug-likeness (QED) is 0.530. The van der Waals surface area contributed by atoms with Crippen LogP contribution in [-0.2, 0) is 4.43 Å². The Morgan fingerprint density at radius 1 is 1.24 bits per heavy atom. The molecule has 1 rings (SSSR count). The van der Waals surface area contributed by atoms with E-state index >= 15 is 0 Å². The van der Waals surface area contributed by atoms with E-state index in [-0.39, 0.29) is 6.10 Å². The predicted octanol–water partition coefficient (Wildman–Crippen LogP) is 4.50. The maximum atomic E-state index is 6.08. The van der Waals surface area contributed by atoms with Crippen LogP contribution in [0.4, 0.5) is 0 Å². The molecule has 0 aliphatic heterocycles. The third-order valence-electron chi connectivity index (χ3n) is 2.21. The third-order valence-corrected chi connectivity index (χ3v) is 3.22. The van der Waals surface area contributed by atoms with Gasteiger partial charge in [0, 0.05) is 0 Å². The largest absolute Gasteiger partial charge is 0.411 e. The van der Waals surface area contributed by atoms with E-state index in [4.69, 9.17) is 4.43 Å². The zero-order valence-corrected chi connectivity index (χ0v) is 12.0. The molecule has 0 saturated heterocycles. The van der Waals surface area contributed by atoms with Gasteiger partial charge in [-0.1, -0.05) is 48.6 Å². The van der Waals surface area contributed by atoms with Gasteiger partial charge in [0.05, 0.1) is 6.10 Å². The van der Waals surface area contributed by atoms with Crippen molar-refractivity contribution in [1.29, 1.82) is 0 Å². The molecule has 1 aromatic rings. The minimum absolute atomic E-state index is 0.152. The van der Waals surface area contributed by atoms with Gasteiger partial charge >= 0.3 is 0 Å². The average Bonchev–Trinajstić information content (AvgIpc) is 2.26. The Kier molecular flexibility index (Phi) is 5.39. The molecule has 1 nitrogen and oxygen atoms in total. The van der Waals surface area contributed by atoms with Crippen LogP contribution in [0.3, 0.4) is 0 Å². The second-order valence-electron chi connectivity index (χ2n) is 5.06. The lowest BCUT2D eigenvalue weighted by Crippen LogP contribution is -2.30. The van der Waals surface area contributed by atoms with Gasteiger partial charge in [0.25, 0.3) is 0 Å². The first kappa shape index (κ1) is 13.9. The Morgan fingerprint density at radius 2 is 1.88 bits per heavy atom. The summed E-state index contributed by atoms with van der Waals surface area (Å²) in [4.78, 5) is 0. The molecule has 0 aromatic heterocycles. The Balaban J connectivity index is 2.66. The summed E-state index contributed by atoms with van der Waals surface area (Å²) in [5, 5.41) is 0. The lowest BCUT2D eigenvalue weighted by molar-refractivity contribution is 0.246. The van der Waals surface area contributed by atoms with Crippen molar-refractivity contribution in [1.82, 2.24) is 0 Å². The molecule has 2 heteroatoms. The topological polar surface area (TPSA) is 9.23 Å². The van der Waals surface area contributed by atoms with E-state index in [2.05, 4.69) is 50.5 Å². The zero-order chi connectivity index (χ0) is 12.7. The smallest absolute Gasteiger partial charge is 0.184 e. The van der Waals surface area contributed by atoms with Gasteiger partial charge in [0.2, 0.25) is 0 Å². The third kappa shape index (κ3) is 6.24. The van der Waals surface area contributed by atoms with Crippen molar-refractivity contribution in [2.75, 3.05) is 0 Å². The van der Waals surface area contributed by atoms with Gasteiger partial charge in [-0.2, -0.15) is 0 Å².